The first-order valence-electron chi connectivity index (χ1n) is 8.76. The zero-order valence-corrected chi connectivity index (χ0v) is 15.5. The van der Waals surface area contributed by atoms with Crippen LogP contribution in [-0.2, 0) is 0 Å². The smallest absolute Gasteiger partial charge is 0.119 e. The van der Waals surface area contributed by atoms with Crippen LogP contribution in [0, 0.1) is 6.92 Å². The molecule has 0 N–H and O–H groups in total. The first-order valence-corrected chi connectivity index (χ1v) is 9.29. The Kier molecular flexibility index (Phi) is 6.51. The van der Waals surface area contributed by atoms with Gasteiger partial charge in [0.2, 0.25) is 0 Å². The van der Waals surface area contributed by atoms with Gasteiger partial charge in [-0.1, -0.05) is 72.8 Å². The van der Waals surface area contributed by atoms with Gasteiger partial charge in [0, 0.05) is 5.88 Å². The summed E-state index contributed by atoms with van der Waals surface area (Å²) in [5, 5.41) is 0. The van der Waals surface area contributed by atoms with Gasteiger partial charge in [-0.15, -0.1) is 11.6 Å². The molecule has 3 aromatic rings. The predicted octanol–water partition coefficient (Wildman–Crippen LogP) is 6.49. The second-order valence-electron chi connectivity index (χ2n) is 5.90. The summed E-state index contributed by atoms with van der Waals surface area (Å²) in [5.41, 5.74) is 5.99. The van der Waals surface area contributed by atoms with Gasteiger partial charge in [-0.05, 0) is 53.3 Å². The maximum atomic E-state index is 6.17. The standard InChI is InChI=1S/C24H22ClO/c1-2-26-22-15-13-21(14-16-22)24(20-11-7-4-8-12-20)23(17-18-25)19-9-5-3-6-10-19/h3-16H,1-2,17-18H2/b24-23-. The first kappa shape index (κ1) is 18.3. The third-order valence-electron chi connectivity index (χ3n) is 4.24. The molecule has 0 unspecified atom stereocenters. The molecule has 1 nitrogen and oxygen atoms in total. The Morgan fingerprint density at radius 1 is 0.731 bits per heavy atom. The summed E-state index contributed by atoms with van der Waals surface area (Å²) in [4.78, 5) is 0. The SMILES string of the molecule is [CH2]COc1ccc(/C(=C(/CCCl)c2ccccc2)c2ccccc2)cc1. The molecule has 3 aromatic carbocycles. The van der Waals surface area contributed by atoms with Crippen LogP contribution >= 0.6 is 11.6 Å². The molecule has 0 heterocycles. The number of ether oxygens (including phenoxy) is 1. The quantitative estimate of drug-likeness (QED) is 0.345. The molecule has 131 valence electrons. The fourth-order valence-electron chi connectivity index (χ4n) is 3.10. The van der Waals surface area contributed by atoms with E-state index < -0.39 is 0 Å². The highest BCUT2D eigenvalue weighted by atomic mass is 35.5. The van der Waals surface area contributed by atoms with E-state index in [0.29, 0.717) is 12.5 Å². The highest BCUT2D eigenvalue weighted by Gasteiger charge is 2.13. The van der Waals surface area contributed by atoms with Crippen molar-refractivity contribution in [2.75, 3.05) is 12.5 Å². The van der Waals surface area contributed by atoms with Gasteiger partial charge in [-0.25, -0.2) is 0 Å². The summed E-state index contributed by atoms with van der Waals surface area (Å²) < 4.78 is 5.49. The van der Waals surface area contributed by atoms with Crippen molar-refractivity contribution in [1.29, 1.82) is 0 Å². The topological polar surface area (TPSA) is 9.23 Å². The van der Waals surface area contributed by atoms with E-state index in [0.717, 1.165) is 17.7 Å². The fourth-order valence-corrected chi connectivity index (χ4v) is 3.29. The third-order valence-corrected chi connectivity index (χ3v) is 4.43. The van der Waals surface area contributed by atoms with E-state index in [4.69, 9.17) is 16.3 Å². The molecule has 0 aliphatic heterocycles. The Morgan fingerprint density at radius 2 is 1.27 bits per heavy atom. The zero-order chi connectivity index (χ0) is 18.2. The molecule has 0 aliphatic carbocycles. The lowest BCUT2D eigenvalue weighted by Crippen LogP contribution is -1.97. The van der Waals surface area contributed by atoms with E-state index in [-0.39, 0.29) is 0 Å². The Labute approximate surface area is 160 Å². The molecule has 0 aromatic heterocycles. The number of hydrogen-bond acceptors (Lipinski definition) is 1. The van der Waals surface area contributed by atoms with Crippen LogP contribution in [0.2, 0.25) is 0 Å². The summed E-state index contributed by atoms with van der Waals surface area (Å²) >= 11 is 6.17. The van der Waals surface area contributed by atoms with Crippen molar-refractivity contribution < 1.29 is 4.74 Å². The number of allylic oxidation sites excluding steroid dienone is 1. The molecule has 0 saturated heterocycles. The maximum absolute atomic E-state index is 6.17. The van der Waals surface area contributed by atoms with Crippen LogP contribution in [0.5, 0.6) is 5.75 Å². The predicted molar refractivity (Wildman–Crippen MR) is 111 cm³/mol. The lowest BCUT2D eigenvalue weighted by Gasteiger charge is -2.17. The molecule has 0 saturated carbocycles. The van der Waals surface area contributed by atoms with Crippen LogP contribution in [0.25, 0.3) is 11.1 Å². The van der Waals surface area contributed by atoms with Crippen molar-refractivity contribution >= 4 is 22.7 Å². The van der Waals surface area contributed by atoms with Crippen LogP contribution < -0.4 is 4.74 Å². The molecule has 26 heavy (non-hydrogen) atoms. The molecule has 0 fully saturated rings. The monoisotopic (exact) mass is 361 g/mol. The Hall–Kier alpha value is -2.51. The van der Waals surface area contributed by atoms with E-state index in [2.05, 4.69) is 67.6 Å². The van der Waals surface area contributed by atoms with Crippen LogP contribution in [0.1, 0.15) is 23.1 Å². The van der Waals surface area contributed by atoms with Crippen molar-refractivity contribution in [2.45, 2.75) is 6.42 Å². The van der Waals surface area contributed by atoms with Gasteiger partial charge < -0.3 is 4.74 Å². The van der Waals surface area contributed by atoms with E-state index in [1.807, 2.05) is 24.3 Å². The summed E-state index contributed by atoms with van der Waals surface area (Å²) in [6.07, 6.45) is 0.799. The number of alkyl halides is 1. The van der Waals surface area contributed by atoms with E-state index in [9.17, 15) is 0 Å². The van der Waals surface area contributed by atoms with Crippen molar-refractivity contribution in [3.63, 3.8) is 0 Å². The van der Waals surface area contributed by atoms with Gasteiger partial charge in [0.1, 0.15) is 5.75 Å². The molecule has 3 rings (SSSR count). The third kappa shape index (κ3) is 4.36. The van der Waals surface area contributed by atoms with Crippen molar-refractivity contribution in [1.82, 2.24) is 0 Å². The van der Waals surface area contributed by atoms with Gasteiger partial charge in [0.25, 0.3) is 0 Å². The summed E-state index contributed by atoms with van der Waals surface area (Å²) in [5.74, 6) is 1.40. The highest BCUT2D eigenvalue weighted by Crippen LogP contribution is 2.35. The number of hydrogen-bond donors (Lipinski definition) is 0. The van der Waals surface area contributed by atoms with Gasteiger partial charge in [0.15, 0.2) is 0 Å². The molecule has 0 amide bonds. The molecular formula is C24H22ClO. The molecule has 2 heteroatoms. The van der Waals surface area contributed by atoms with Crippen molar-refractivity contribution in [3.05, 3.63) is 109 Å². The van der Waals surface area contributed by atoms with Crippen molar-refractivity contribution in [3.8, 4) is 5.75 Å². The van der Waals surface area contributed by atoms with E-state index in [1.165, 1.54) is 22.3 Å². The Balaban J connectivity index is 2.19. The average Bonchev–Trinajstić information content (AvgIpc) is 2.70. The second kappa shape index (κ2) is 9.26. The van der Waals surface area contributed by atoms with Crippen LogP contribution in [0.15, 0.2) is 84.9 Å². The number of halogens is 1. The highest BCUT2D eigenvalue weighted by molar-refractivity contribution is 6.18. The van der Waals surface area contributed by atoms with E-state index in [1.54, 1.807) is 0 Å². The molecule has 0 bridgehead atoms. The van der Waals surface area contributed by atoms with Crippen LogP contribution in [-0.4, -0.2) is 12.5 Å². The van der Waals surface area contributed by atoms with Gasteiger partial charge >= 0.3 is 0 Å². The molecule has 0 spiro atoms. The molecule has 0 aliphatic rings. The van der Waals surface area contributed by atoms with Gasteiger partial charge in [0.05, 0.1) is 6.61 Å². The van der Waals surface area contributed by atoms with Gasteiger partial charge in [-0.2, -0.15) is 0 Å². The lowest BCUT2D eigenvalue weighted by molar-refractivity contribution is 0.361. The Bertz CT molecular complexity index is 836. The average molecular weight is 362 g/mol. The van der Waals surface area contributed by atoms with Crippen LogP contribution in [0.4, 0.5) is 0 Å². The molecule has 1 radical (unpaired) electrons. The largest absolute Gasteiger partial charge is 0.494 e. The number of rotatable bonds is 7. The maximum Gasteiger partial charge on any atom is 0.119 e. The first-order chi connectivity index (χ1) is 12.8. The summed E-state index contributed by atoms with van der Waals surface area (Å²) in [7, 11) is 0. The normalized spacial score (nSPS) is 11.8. The Morgan fingerprint density at radius 3 is 1.81 bits per heavy atom. The summed E-state index contributed by atoms with van der Waals surface area (Å²) in [6, 6.07) is 29.1. The number of benzene rings is 3. The second-order valence-corrected chi connectivity index (χ2v) is 6.28. The minimum Gasteiger partial charge on any atom is -0.494 e. The summed E-state index contributed by atoms with van der Waals surface area (Å²) in [6.45, 7) is 4.15. The van der Waals surface area contributed by atoms with E-state index >= 15 is 0 Å². The zero-order valence-electron chi connectivity index (χ0n) is 14.7. The molecular weight excluding hydrogens is 340 g/mol. The minimum absolute atomic E-state index is 0.419. The van der Waals surface area contributed by atoms with Gasteiger partial charge in [-0.3, -0.25) is 0 Å². The van der Waals surface area contributed by atoms with Crippen molar-refractivity contribution in [2.24, 2.45) is 0 Å². The van der Waals surface area contributed by atoms with Crippen LogP contribution in [0.3, 0.4) is 0 Å². The molecule has 0 atom stereocenters. The lowest BCUT2D eigenvalue weighted by atomic mass is 9.88. The minimum atomic E-state index is 0.419. The fraction of sp³-hybridized carbons (Fsp3) is 0.125.